The Hall–Kier alpha value is -1.32. The number of rotatable bonds is 10. The number of hydrogen-bond acceptors (Lipinski definition) is 2. The van der Waals surface area contributed by atoms with Gasteiger partial charge in [0.1, 0.15) is 0 Å². The lowest BCUT2D eigenvalue weighted by molar-refractivity contribution is 0.554. The van der Waals surface area contributed by atoms with E-state index in [9.17, 15) is 0 Å². The average molecular weight is 365 g/mol. The van der Waals surface area contributed by atoms with Crippen LogP contribution in [0.2, 0.25) is 0 Å². The van der Waals surface area contributed by atoms with Crippen LogP contribution in [-0.4, -0.2) is 7.28 Å². The van der Waals surface area contributed by atoms with Crippen LogP contribution in [0.3, 0.4) is 0 Å². The fraction of sp³-hybridized carbons (Fsp3) is 0.273. The van der Waals surface area contributed by atoms with Crippen LogP contribution in [0.1, 0.15) is 33.1 Å². The number of benzene rings is 2. The molecule has 0 aliphatic rings. The minimum Gasteiger partial charge on any atom is -0.109 e. The molecule has 0 amide bonds. The Labute approximate surface area is 162 Å². The maximum atomic E-state index is 4.28. The van der Waals surface area contributed by atoms with Crippen molar-refractivity contribution < 1.29 is 0 Å². The maximum absolute atomic E-state index is 4.28. The van der Waals surface area contributed by atoms with Crippen LogP contribution in [0.25, 0.3) is 0 Å². The molecule has 25 heavy (non-hydrogen) atoms. The molecule has 0 saturated heterocycles. The monoisotopic (exact) mass is 365 g/mol. The second kappa shape index (κ2) is 10.6. The van der Waals surface area contributed by atoms with Crippen LogP contribution in [0, 0.1) is 5.92 Å². The predicted molar refractivity (Wildman–Crippen MR) is 117 cm³/mol. The van der Waals surface area contributed by atoms with Gasteiger partial charge in [-0.25, -0.2) is 0 Å². The quantitative estimate of drug-likeness (QED) is 0.339. The standard InChI is InChI=1S/C22H26BS2/c1-5-10-19(6-2)17(3)23-20-13-15-22(16-14-20)25-18(4)24-21-11-8-7-9-12-21/h7-9,11-16,19H,3-6,10H2,1-2H3. The third-order valence-corrected chi connectivity index (χ3v) is 6.06. The molecule has 0 N–H and O–H groups in total. The van der Waals surface area contributed by atoms with Crippen molar-refractivity contribution in [2.45, 2.75) is 42.9 Å². The molecule has 2 aromatic rings. The van der Waals surface area contributed by atoms with E-state index in [-0.39, 0.29) is 0 Å². The summed E-state index contributed by atoms with van der Waals surface area (Å²) in [6, 6.07) is 19.1. The van der Waals surface area contributed by atoms with E-state index in [1.165, 1.54) is 33.6 Å². The maximum Gasteiger partial charge on any atom is 0.185 e. The van der Waals surface area contributed by atoms with Crippen LogP contribution in [0.5, 0.6) is 0 Å². The Morgan fingerprint density at radius 1 is 0.920 bits per heavy atom. The molecule has 0 aliphatic carbocycles. The normalized spacial score (nSPS) is 11.8. The Kier molecular flexibility index (Phi) is 8.50. The molecule has 129 valence electrons. The first kappa shape index (κ1) is 20.0. The third kappa shape index (κ3) is 6.83. The van der Waals surface area contributed by atoms with Crippen molar-refractivity contribution in [1.29, 1.82) is 0 Å². The van der Waals surface area contributed by atoms with E-state index in [2.05, 4.69) is 82.8 Å². The molecule has 2 aromatic carbocycles. The minimum absolute atomic E-state index is 0.598. The number of allylic oxidation sites excluding steroid dienone is 1. The van der Waals surface area contributed by atoms with Gasteiger partial charge in [0, 0.05) is 14.0 Å². The molecule has 1 atom stereocenters. The third-order valence-electron chi connectivity index (χ3n) is 4.09. The summed E-state index contributed by atoms with van der Waals surface area (Å²) in [6.07, 6.45) is 3.59. The van der Waals surface area contributed by atoms with Crippen molar-refractivity contribution in [3.05, 3.63) is 77.5 Å². The van der Waals surface area contributed by atoms with Crippen molar-refractivity contribution in [2.75, 3.05) is 0 Å². The van der Waals surface area contributed by atoms with Crippen molar-refractivity contribution in [3.63, 3.8) is 0 Å². The number of hydrogen-bond donors (Lipinski definition) is 0. The van der Waals surface area contributed by atoms with Crippen molar-refractivity contribution in [2.24, 2.45) is 5.92 Å². The fourth-order valence-corrected chi connectivity index (χ4v) is 4.57. The van der Waals surface area contributed by atoms with E-state index in [0.717, 1.165) is 10.7 Å². The Bertz CT molecular complexity index is 677. The van der Waals surface area contributed by atoms with Gasteiger partial charge < -0.3 is 0 Å². The lowest BCUT2D eigenvalue weighted by Gasteiger charge is -2.16. The molecule has 0 heterocycles. The van der Waals surface area contributed by atoms with Gasteiger partial charge in [0.15, 0.2) is 7.28 Å². The lowest BCUT2D eigenvalue weighted by Crippen LogP contribution is -2.20. The average Bonchev–Trinajstić information content (AvgIpc) is 2.62. The van der Waals surface area contributed by atoms with E-state index < -0.39 is 0 Å². The Morgan fingerprint density at radius 3 is 2.08 bits per heavy atom. The molecule has 0 bridgehead atoms. The van der Waals surface area contributed by atoms with E-state index in [1.807, 2.05) is 6.07 Å². The summed E-state index contributed by atoms with van der Waals surface area (Å²) in [7, 11) is 2.23. The predicted octanol–water partition coefficient (Wildman–Crippen LogP) is 6.71. The summed E-state index contributed by atoms with van der Waals surface area (Å²) in [5, 5.41) is 0. The van der Waals surface area contributed by atoms with Crippen LogP contribution < -0.4 is 5.46 Å². The van der Waals surface area contributed by atoms with E-state index in [4.69, 9.17) is 0 Å². The highest BCUT2D eigenvalue weighted by Crippen LogP contribution is 2.37. The largest absolute Gasteiger partial charge is 0.185 e. The van der Waals surface area contributed by atoms with Crippen LogP contribution in [0.4, 0.5) is 0 Å². The SMILES string of the molecule is C=C(Sc1ccccc1)Sc1ccc([B]C(=C)C(CC)CCC)cc1. The summed E-state index contributed by atoms with van der Waals surface area (Å²) >= 11 is 3.43. The lowest BCUT2D eigenvalue weighted by atomic mass is 9.59. The first-order valence-corrected chi connectivity index (χ1v) is 10.5. The Balaban J connectivity index is 1.89. The zero-order valence-corrected chi connectivity index (χ0v) is 16.8. The Morgan fingerprint density at radius 2 is 1.52 bits per heavy atom. The van der Waals surface area contributed by atoms with Gasteiger partial charge in [0.2, 0.25) is 0 Å². The molecule has 2 rings (SSSR count). The van der Waals surface area contributed by atoms with Gasteiger partial charge >= 0.3 is 0 Å². The van der Waals surface area contributed by atoms with Gasteiger partial charge in [0.05, 0.1) is 0 Å². The van der Waals surface area contributed by atoms with Gasteiger partial charge in [-0.15, -0.1) is 12.1 Å². The van der Waals surface area contributed by atoms with Gasteiger partial charge in [-0.3, -0.25) is 0 Å². The molecule has 1 unspecified atom stereocenters. The highest BCUT2D eigenvalue weighted by Gasteiger charge is 2.11. The van der Waals surface area contributed by atoms with Crippen molar-refractivity contribution in [1.82, 2.24) is 0 Å². The minimum atomic E-state index is 0.598. The van der Waals surface area contributed by atoms with Crippen LogP contribution in [0.15, 0.2) is 87.3 Å². The molecular formula is C22H26BS2. The van der Waals surface area contributed by atoms with E-state index in [1.54, 1.807) is 23.5 Å². The second-order valence-corrected chi connectivity index (χ2v) is 8.67. The van der Waals surface area contributed by atoms with Gasteiger partial charge in [-0.2, -0.15) is 0 Å². The van der Waals surface area contributed by atoms with E-state index >= 15 is 0 Å². The van der Waals surface area contributed by atoms with Crippen molar-refractivity contribution >= 4 is 36.3 Å². The van der Waals surface area contributed by atoms with Gasteiger partial charge in [0.25, 0.3) is 0 Å². The van der Waals surface area contributed by atoms with Crippen LogP contribution in [-0.2, 0) is 0 Å². The van der Waals surface area contributed by atoms with E-state index in [0.29, 0.717) is 5.92 Å². The highest BCUT2D eigenvalue weighted by molar-refractivity contribution is 8.22. The zero-order chi connectivity index (χ0) is 18.1. The van der Waals surface area contributed by atoms with Crippen molar-refractivity contribution in [3.8, 4) is 0 Å². The number of thioether (sulfide) groups is 2. The molecule has 0 nitrogen and oxygen atoms in total. The summed E-state index contributed by atoms with van der Waals surface area (Å²) < 4.78 is 1.08. The summed E-state index contributed by atoms with van der Waals surface area (Å²) in [4.78, 5) is 2.44. The molecule has 0 spiro atoms. The molecule has 0 fully saturated rings. The molecule has 0 saturated carbocycles. The van der Waals surface area contributed by atoms with Gasteiger partial charge in [-0.1, -0.05) is 92.6 Å². The van der Waals surface area contributed by atoms with Gasteiger partial charge in [-0.05, 0) is 36.6 Å². The summed E-state index contributed by atoms with van der Waals surface area (Å²) in [5.74, 6) is 0.598. The molecular weight excluding hydrogens is 339 g/mol. The summed E-state index contributed by atoms with van der Waals surface area (Å²) in [5.41, 5.74) is 2.47. The molecule has 0 aliphatic heterocycles. The topological polar surface area (TPSA) is 0 Å². The highest BCUT2D eigenvalue weighted by atomic mass is 32.2. The second-order valence-electron chi connectivity index (χ2n) is 6.07. The zero-order valence-electron chi connectivity index (χ0n) is 15.2. The smallest absolute Gasteiger partial charge is 0.109 e. The molecule has 3 heteroatoms. The molecule has 0 aromatic heterocycles. The first-order valence-electron chi connectivity index (χ1n) is 8.85. The fourth-order valence-electron chi connectivity index (χ4n) is 2.74. The van der Waals surface area contributed by atoms with Crippen LogP contribution >= 0.6 is 23.5 Å². The first-order chi connectivity index (χ1) is 12.1. The molecule has 1 radical (unpaired) electrons. The summed E-state index contributed by atoms with van der Waals surface area (Å²) in [6.45, 7) is 12.9.